The maximum Gasteiger partial charge on any atom is 0.0175 e. The van der Waals surface area contributed by atoms with E-state index in [-0.39, 0.29) is 0 Å². The highest BCUT2D eigenvalue weighted by Gasteiger charge is 2.15. The van der Waals surface area contributed by atoms with Crippen LogP contribution in [0, 0.1) is 11.8 Å². The summed E-state index contributed by atoms with van der Waals surface area (Å²) in [7, 11) is 0. The topological polar surface area (TPSA) is 3.24 Å². The van der Waals surface area contributed by atoms with Crippen LogP contribution in [0.25, 0.3) is 0 Å². The molecule has 0 aromatic rings. The third-order valence-corrected chi connectivity index (χ3v) is 2.66. The maximum atomic E-state index is 2.58. The first-order valence-electron chi connectivity index (χ1n) is 6.05. The molecule has 0 amide bonds. The summed E-state index contributed by atoms with van der Waals surface area (Å²) in [4.78, 5) is 2.58. The van der Waals surface area contributed by atoms with Crippen LogP contribution in [0.2, 0.25) is 0 Å². The molecule has 0 bridgehead atoms. The van der Waals surface area contributed by atoms with E-state index in [1.54, 1.807) is 5.70 Å². The van der Waals surface area contributed by atoms with Crippen molar-refractivity contribution in [1.29, 1.82) is 0 Å². The van der Waals surface area contributed by atoms with E-state index in [0.717, 1.165) is 5.92 Å². The van der Waals surface area contributed by atoms with Gasteiger partial charge in [-0.3, -0.25) is 0 Å². The van der Waals surface area contributed by atoms with Gasteiger partial charge >= 0.3 is 0 Å². The van der Waals surface area contributed by atoms with Gasteiger partial charge in [-0.05, 0) is 31.1 Å². The molecule has 0 spiro atoms. The second-order valence-corrected chi connectivity index (χ2v) is 5.19. The second-order valence-electron chi connectivity index (χ2n) is 5.19. The van der Waals surface area contributed by atoms with Gasteiger partial charge in [-0.2, -0.15) is 0 Å². The van der Waals surface area contributed by atoms with Crippen molar-refractivity contribution in [3.05, 3.63) is 11.8 Å². The monoisotopic (exact) mass is 195 g/mol. The zero-order valence-corrected chi connectivity index (χ0v) is 10.2. The molecule has 1 fully saturated rings. The Hall–Kier alpha value is -0.460. The van der Waals surface area contributed by atoms with Crippen LogP contribution >= 0.6 is 0 Å². The molecule has 0 N–H and O–H groups in total. The zero-order chi connectivity index (χ0) is 10.6. The Kier molecular flexibility index (Phi) is 4.50. The summed E-state index contributed by atoms with van der Waals surface area (Å²) in [6.45, 7) is 11.7. The first-order chi connectivity index (χ1) is 6.59. The first-order valence-corrected chi connectivity index (χ1v) is 6.05. The van der Waals surface area contributed by atoms with Gasteiger partial charge in [0.2, 0.25) is 0 Å². The minimum Gasteiger partial charge on any atom is -0.375 e. The van der Waals surface area contributed by atoms with Crippen molar-refractivity contribution >= 4 is 0 Å². The molecule has 82 valence electrons. The van der Waals surface area contributed by atoms with Crippen LogP contribution in [0.4, 0.5) is 0 Å². The summed E-state index contributed by atoms with van der Waals surface area (Å²) in [5.41, 5.74) is 1.59. The molecule has 0 saturated carbocycles. The van der Waals surface area contributed by atoms with Crippen LogP contribution in [0.15, 0.2) is 11.8 Å². The molecule has 1 nitrogen and oxygen atoms in total. The predicted molar refractivity (Wildman–Crippen MR) is 63.2 cm³/mol. The Bertz CT molecular complexity index is 185. The van der Waals surface area contributed by atoms with Crippen LogP contribution in [0.5, 0.6) is 0 Å². The molecule has 1 heteroatoms. The van der Waals surface area contributed by atoms with Gasteiger partial charge in [0.1, 0.15) is 0 Å². The fourth-order valence-electron chi connectivity index (χ4n) is 2.11. The fourth-order valence-corrected chi connectivity index (χ4v) is 2.11. The van der Waals surface area contributed by atoms with Crippen molar-refractivity contribution in [1.82, 2.24) is 4.90 Å². The molecule has 0 unspecified atom stereocenters. The predicted octanol–water partition coefficient (Wildman–Crippen LogP) is 3.67. The summed E-state index contributed by atoms with van der Waals surface area (Å²) in [5.74, 6) is 1.46. The van der Waals surface area contributed by atoms with Gasteiger partial charge in [0.05, 0.1) is 0 Å². The quantitative estimate of drug-likeness (QED) is 0.661. The average Bonchev–Trinajstić information content (AvgIpc) is 2.52. The van der Waals surface area contributed by atoms with E-state index in [9.17, 15) is 0 Å². The Morgan fingerprint density at radius 3 is 2.14 bits per heavy atom. The van der Waals surface area contributed by atoms with Gasteiger partial charge in [-0.1, -0.05) is 33.8 Å². The number of nitrogens with zero attached hydrogens (tertiary/aromatic N) is 1. The third kappa shape index (κ3) is 3.73. The normalized spacial score (nSPS) is 18.7. The summed E-state index contributed by atoms with van der Waals surface area (Å²) < 4.78 is 0. The number of rotatable bonds is 4. The molecule has 0 atom stereocenters. The molecule has 0 aromatic heterocycles. The molecule has 0 radical (unpaired) electrons. The highest BCUT2D eigenvalue weighted by molar-refractivity contribution is 5.04. The largest absolute Gasteiger partial charge is 0.375 e. The van der Waals surface area contributed by atoms with Crippen molar-refractivity contribution in [2.24, 2.45) is 11.8 Å². The Labute approximate surface area is 89.2 Å². The SMILES string of the molecule is CC(C)C=C(CC(C)C)N1CCCC1. The molecule has 0 aromatic carbocycles. The molecule has 1 saturated heterocycles. The molecule has 1 rings (SSSR count). The minimum absolute atomic E-state index is 0.685. The van der Waals surface area contributed by atoms with Gasteiger partial charge in [0, 0.05) is 18.8 Å². The molecule has 0 aliphatic carbocycles. The highest BCUT2D eigenvalue weighted by Crippen LogP contribution is 2.22. The number of hydrogen-bond acceptors (Lipinski definition) is 1. The number of likely N-dealkylation sites (tertiary alicyclic amines) is 1. The Morgan fingerprint density at radius 1 is 1.14 bits per heavy atom. The van der Waals surface area contributed by atoms with E-state index in [1.807, 2.05) is 0 Å². The number of hydrogen-bond donors (Lipinski definition) is 0. The minimum atomic E-state index is 0.685. The van der Waals surface area contributed by atoms with E-state index >= 15 is 0 Å². The summed E-state index contributed by atoms with van der Waals surface area (Å²) in [6, 6.07) is 0. The van der Waals surface area contributed by atoms with Crippen molar-refractivity contribution in [3.63, 3.8) is 0 Å². The zero-order valence-electron chi connectivity index (χ0n) is 10.2. The van der Waals surface area contributed by atoms with Crippen LogP contribution in [0.1, 0.15) is 47.0 Å². The summed E-state index contributed by atoms with van der Waals surface area (Å²) >= 11 is 0. The van der Waals surface area contributed by atoms with E-state index in [0.29, 0.717) is 5.92 Å². The number of allylic oxidation sites excluding steroid dienone is 2. The Balaban J connectivity index is 2.60. The third-order valence-electron chi connectivity index (χ3n) is 2.66. The van der Waals surface area contributed by atoms with Gasteiger partial charge in [0.25, 0.3) is 0 Å². The van der Waals surface area contributed by atoms with Crippen molar-refractivity contribution in [3.8, 4) is 0 Å². The summed E-state index contributed by atoms with van der Waals surface area (Å²) in [5, 5.41) is 0. The van der Waals surface area contributed by atoms with E-state index < -0.39 is 0 Å². The molecule has 1 aliphatic heterocycles. The van der Waals surface area contributed by atoms with Gasteiger partial charge in [0.15, 0.2) is 0 Å². The van der Waals surface area contributed by atoms with E-state index in [1.165, 1.54) is 32.4 Å². The molecular formula is C13H25N. The summed E-state index contributed by atoms with van der Waals surface area (Å²) in [6.07, 6.45) is 6.46. The van der Waals surface area contributed by atoms with Crippen LogP contribution < -0.4 is 0 Å². The second kappa shape index (κ2) is 5.43. The maximum absolute atomic E-state index is 2.58. The highest BCUT2D eigenvalue weighted by atomic mass is 15.1. The molecule has 1 heterocycles. The standard InChI is InChI=1S/C13H25N/c1-11(2)9-13(10-12(3)4)14-7-5-6-8-14/h9,11-12H,5-8,10H2,1-4H3. The van der Waals surface area contributed by atoms with Gasteiger partial charge in [-0.15, -0.1) is 0 Å². The average molecular weight is 195 g/mol. The van der Waals surface area contributed by atoms with Crippen molar-refractivity contribution in [2.75, 3.05) is 13.1 Å². The first kappa shape index (κ1) is 11.6. The van der Waals surface area contributed by atoms with Crippen LogP contribution in [-0.4, -0.2) is 18.0 Å². The van der Waals surface area contributed by atoms with Crippen LogP contribution in [0.3, 0.4) is 0 Å². The van der Waals surface area contributed by atoms with E-state index in [4.69, 9.17) is 0 Å². The lowest BCUT2D eigenvalue weighted by molar-refractivity contribution is 0.384. The molecular weight excluding hydrogens is 170 g/mol. The van der Waals surface area contributed by atoms with Gasteiger partial charge in [-0.25, -0.2) is 0 Å². The molecule has 1 aliphatic rings. The Morgan fingerprint density at radius 2 is 1.71 bits per heavy atom. The lowest BCUT2D eigenvalue weighted by atomic mass is 10.0. The smallest absolute Gasteiger partial charge is 0.0175 e. The van der Waals surface area contributed by atoms with Gasteiger partial charge < -0.3 is 4.90 Å². The van der Waals surface area contributed by atoms with Crippen LogP contribution in [-0.2, 0) is 0 Å². The lowest BCUT2D eigenvalue weighted by Crippen LogP contribution is -2.20. The lowest BCUT2D eigenvalue weighted by Gasteiger charge is -2.24. The van der Waals surface area contributed by atoms with Crippen molar-refractivity contribution < 1.29 is 0 Å². The van der Waals surface area contributed by atoms with E-state index in [2.05, 4.69) is 38.7 Å². The fraction of sp³-hybridized carbons (Fsp3) is 0.846. The molecule has 14 heavy (non-hydrogen) atoms. The van der Waals surface area contributed by atoms with Crippen molar-refractivity contribution in [2.45, 2.75) is 47.0 Å².